The number of rotatable bonds is 8. The molecule has 0 aliphatic carbocycles. The summed E-state index contributed by atoms with van der Waals surface area (Å²) in [6.45, 7) is 6.27. The van der Waals surface area contributed by atoms with Gasteiger partial charge in [0.2, 0.25) is 5.91 Å². The fourth-order valence-corrected chi connectivity index (χ4v) is 3.54. The first-order valence-corrected chi connectivity index (χ1v) is 12.0. The fourth-order valence-electron chi connectivity index (χ4n) is 3.54. The third-order valence-electron chi connectivity index (χ3n) is 5.14. The van der Waals surface area contributed by atoms with E-state index < -0.39 is 47.3 Å². The second-order valence-electron chi connectivity index (χ2n) is 9.42. The third-order valence-corrected chi connectivity index (χ3v) is 5.14. The number of nitrogens with one attached hydrogen (secondary N) is 2. The summed E-state index contributed by atoms with van der Waals surface area (Å²) in [5, 5.41) is 4.66. The van der Waals surface area contributed by atoms with Crippen LogP contribution in [0.4, 0.5) is 29.3 Å². The van der Waals surface area contributed by atoms with E-state index in [0.717, 1.165) is 11.6 Å². The van der Waals surface area contributed by atoms with Gasteiger partial charge in [-0.05, 0) is 51.5 Å². The lowest BCUT2D eigenvalue weighted by molar-refractivity contribution is -0.138. The van der Waals surface area contributed by atoms with Crippen LogP contribution in [-0.4, -0.2) is 35.0 Å². The van der Waals surface area contributed by atoms with Crippen LogP contribution < -0.4 is 15.4 Å². The van der Waals surface area contributed by atoms with Gasteiger partial charge in [0.05, 0.1) is 30.0 Å². The second kappa shape index (κ2) is 12.0. The van der Waals surface area contributed by atoms with Crippen LogP contribution in [0.2, 0.25) is 0 Å². The van der Waals surface area contributed by atoms with Gasteiger partial charge >= 0.3 is 12.3 Å². The number of pyridine rings is 1. The molecule has 1 heterocycles. The highest BCUT2D eigenvalue weighted by Gasteiger charge is 2.36. The van der Waals surface area contributed by atoms with E-state index in [1.165, 1.54) is 13.0 Å². The van der Waals surface area contributed by atoms with Crippen LogP contribution >= 0.6 is 0 Å². The van der Waals surface area contributed by atoms with E-state index in [2.05, 4.69) is 15.6 Å². The molecule has 1 aromatic heterocycles. The maximum Gasteiger partial charge on any atom is 0.420 e. The lowest BCUT2D eigenvalue weighted by atomic mass is 10.0. The standard InChI is InChI=1S/C28H28F3N3O5/c1-5-38-24-14-22(34-26(37)39-27(2,3)4)21(13-20(24)28(29,30)31)33-25(36)15-23(35)18-9-6-8-17(12-18)19-10-7-11-32-16-19/h6-14,16H,5,15H2,1-4H3,(H,33,36)(H,34,37). The third kappa shape index (κ3) is 8.29. The summed E-state index contributed by atoms with van der Waals surface area (Å²) in [5.74, 6) is -1.98. The van der Waals surface area contributed by atoms with Crippen LogP contribution in [0.1, 0.15) is 50.0 Å². The molecule has 0 aliphatic heterocycles. The van der Waals surface area contributed by atoms with Gasteiger partial charge in [0, 0.05) is 29.6 Å². The highest BCUT2D eigenvalue weighted by molar-refractivity contribution is 6.12. The minimum Gasteiger partial charge on any atom is -0.493 e. The number of carbonyl (C=O) groups is 3. The molecule has 2 aromatic carbocycles. The van der Waals surface area contributed by atoms with Gasteiger partial charge < -0.3 is 14.8 Å². The lowest BCUT2D eigenvalue weighted by Crippen LogP contribution is -2.28. The van der Waals surface area contributed by atoms with Crippen molar-refractivity contribution in [3.8, 4) is 16.9 Å². The minimum absolute atomic E-state index is 0.0761. The van der Waals surface area contributed by atoms with Crippen LogP contribution in [0.5, 0.6) is 5.75 Å². The molecule has 0 unspecified atom stereocenters. The molecule has 39 heavy (non-hydrogen) atoms. The number of amides is 2. The Bertz CT molecular complexity index is 1350. The molecule has 0 atom stereocenters. The van der Waals surface area contributed by atoms with E-state index in [-0.39, 0.29) is 23.5 Å². The highest BCUT2D eigenvalue weighted by Crippen LogP contribution is 2.41. The SMILES string of the molecule is CCOc1cc(NC(=O)OC(C)(C)C)c(NC(=O)CC(=O)c2cccc(-c3cccnc3)c2)cc1C(F)(F)F. The molecule has 2 amide bonds. The number of ether oxygens (including phenoxy) is 2. The predicted molar refractivity (Wildman–Crippen MR) is 140 cm³/mol. The molecule has 3 rings (SSSR count). The van der Waals surface area contributed by atoms with Crippen LogP contribution in [0.3, 0.4) is 0 Å². The van der Waals surface area contributed by atoms with Gasteiger partial charge in [0.1, 0.15) is 11.4 Å². The number of Topliss-reactive ketones (excluding diaryl/α,β-unsaturated/α-hetero) is 1. The largest absolute Gasteiger partial charge is 0.493 e. The Labute approximate surface area is 223 Å². The quantitative estimate of drug-likeness (QED) is 0.241. The summed E-state index contributed by atoms with van der Waals surface area (Å²) in [6.07, 6.45) is -3.20. The predicted octanol–water partition coefficient (Wildman–Crippen LogP) is 6.72. The number of ketones is 1. The molecular weight excluding hydrogens is 515 g/mol. The first-order chi connectivity index (χ1) is 18.3. The molecule has 11 heteroatoms. The van der Waals surface area contributed by atoms with Crippen molar-refractivity contribution in [2.75, 3.05) is 17.2 Å². The van der Waals surface area contributed by atoms with E-state index in [4.69, 9.17) is 9.47 Å². The number of benzene rings is 2. The lowest BCUT2D eigenvalue weighted by Gasteiger charge is -2.22. The van der Waals surface area contributed by atoms with Crippen molar-refractivity contribution in [2.45, 2.75) is 45.9 Å². The van der Waals surface area contributed by atoms with Gasteiger partial charge in [-0.2, -0.15) is 13.2 Å². The topological polar surface area (TPSA) is 107 Å². The Kier molecular flexibility index (Phi) is 8.95. The Morgan fingerprint density at radius 2 is 1.62 bits per heavy atom. The number of hydrogen-bond acceptors (Lipinski definition) is 6. The monoisotopic (exact) mass is 543 g/mol. The molecule has 0 saturated carbocycles. The number of carbonyl (C=O) groups excluding carboxylic acids is 3. The van der Waals surface area contributed by atoms with Crippen molar-refractivity contribution >= 4 is 29.2 Å². The van der Waals surface area contributed by atoms with Crippen molar-refractivity contribution in [1.82, 2.24) is 4.98 Å². The number of hydrogen-bond donors (Lipinski definition) is 2. The summed E-state index contributed by atoms with van der Waals surface area (Å²) < 4.78 is 51.6. The van der Waals surface area contributed by atoms with Crippen LogP contribution in [0.25, 0.3) is 11.1 Å². The van der Waals surface area contributed by atoms with Crippen LogP contribution in [0.15, 0.2) is 60.9 Å². The Balaban J connectivity index is 1.88. The second-order valence-corrected chi connectivity index (χ2v) is 9.42. The zero-order chi connectivity index (χ0) is 28.8. The van der Waals surface area contributed by atoms with Crippen molar-refractivity contribution in [1.29, 1.82) is 0 Å². The Hall–Kier alpha value is -4.41. The van der Waals surface area contributed by atoms with Crippen molar-refractivity contribution in [3.05, 3.63) is 72.1 Å². The minimum atomic E-state index is -4.82. The zero-order valence-electron chi connectivity index (χ0n) is 21.8. The molecule has 206 valence electrons. The fraction of sp³-hybridized carbons (Fsp3) is 0.286. The molecule has 0 bridgehead atoms. The average molecular weight is 544 g/mol. The van der Waals surface area contributed by atoms with Gasteiger partial charge in [-0.1, -0.05) is 24.3 Å². The highest BCUT2D eigenvalue weighted by atomic mass is 19.4. The van der Waals surface area contributed by atoms with Gasteiger partial charge in [0.15, 0.2) is 5.78 Å². The Morgan fingerprint density at radius 1 is 0.923 bits per heavy atom. The van der Waals surface area contributed by atoms with Gasteiger partial charge in [-0.3, -0.25) is 19.9 Å². The van der Waals surface area contributed by atoms with E-state index >= 15 is 0 Å². The maximum absolute atomic E-state index is 13.8. The molecule has 0 spiro atoms. The molecule has 0 fully saturated rings. The van der Waals surface area contributed by atoms with Gasteiger partial charge in [-0.15, -0.1) is 0 Å². The van der Waals surface area contributed by atoms with Gasteiger partial charge in [0.25, 0.3) is 0 Å². The van der Waals surface area contributed by atoms with Gasteiger partial charge in [-0.25, -0.2) is 4.79 Å². The maximum atomic E-state index is 13.8. The summed E-state index contributed by atoms with van der Waals surface area (Å²) in [4.78, 5) is 42.0. The van der Waals surface area contributed by atoms with Crippen molar-refractivity contribution in [3.63, 3.8) is 0 Å². The zero-order valence-corrected chi connectivity index (χ0v) is 21.8. The summed E-state index contributed by atoms with van der Waals surface area (Å²) in [5.41, 5.74) is -0.910. The average Bonchev–Trinajstić information content (AvgIpc) is 2.84. The van der Waals surface area contributed by atoms with E-state index in [0.29, 0.717) is 11.6 Å². The number of halogens is 3. The smallest absolute Gasteiger partial charge is 0.420 e. The molecule has 0 saturated heterocycles. The molecule has 8 nitrogen and oxygen atoms in total. The number of alkyl halides is 3. The van der Waals surface area contributed by atoms with E-state index in [1.54, 1.807) is 57.4 Å². The number of aromatic nitrogens is 1. The first-order valence-electron chi connectivity index (χ1n) is 12.0. The van der Waals surface area contributed by atoms with Crippen molar-refractivity contribution in [2.24, 2.45) is 0 Å². The first kappa shape index (κ1) is 29.2. The van der Waals surface area contributed by atoms with Crippen LogP contribution in [0, 0.1) is 0 Å². The molecule has 0 aliphatic rings. The van der Waals surface area contributed by atoms with Crippen LogP contribution in [-0.2, 0) is 15.7 Å². The summed E-state index contributed by atoms with van der Waals surface area (Å²) >= 11 is 0. The number of anilines is 2. The van der Waals surface area contributed by atoms with E-state index in [1.807, 2.05) is 6.07 Å². The number of nitrogens with zero attached hydrogens (tertiary/aromatic N) is 1. The Morgan fingerprint density at radius 3 is 2.23 bits per heavy atom. The molecular formula is C28H28F3N3O5. The summed E-state index contributed by atoms with van der Waals surface area (Å²) in [6, 6.07) is 11.7. The van der Waals surface area contributed by atoms with Crippen molar-refractivity contribution < 1.29 is 37.0 Å². The molecule has 2 N–H and O–H groups in total. The van der Waals surface area contributed by atoms with E-state index in [9.17, 15) is 27.6 Å². The normalized spacial score (nSPS) is 11.5. The molecule has 3 aromatic rings. The molecule has 0 radical (unpaired) electrons. The summed E-state index contributed by atoms with van der Waals surface area (Å²) in [7, 11) is 0.